The Labute approximate surface area is 130 Å². The van der Waals surface area contributed by atoms with E-state index >= 15 is 0 Å². The maximum atomic E-state index is 13.2. The van der Waals surface area contributed by atoms with Gasteiger partial charge in [0.05, 0.1) is 0 Å². The number of halogens is 4. The predicted molar refractivity (Wildman–Crippen MR) is 78.9 cm³/mol. The third-order valence-corrected chi connectivity index (χ3v) is 3.49. The lowest BCUT2D eigenvalue weighted by atomic mass is 10.0. The largest absolute Gasteiger partial charge is 0.408 e. The van der Waals surface area contributed by atoms with Gasteiger partial charge in [0, 0.05) is 17.0 Å². The van der Waals surface area contributed by atoms with Crippen molar-refractivity contribution >= 4 is 17.5 Å². The van der Waals surface area contributed by atoms with E-state index in [9.17, 15) is 18.0 Å². The van der Waals surface area contributed by atoms with Crippen LogP contribution in [0.25, 0.3) is 0 Å². The number of amides is 1. The standard InChI is InChI=1S/C16H13ClF3NO/c17-13-9-5-4-8-12(13)10-14(16(18,19)20)21-15(22)11-6-2-1-3-7-11/h1-9,14H,10H2,(H,21,22)/t14-/m0/s1. The lowest BCUT2D eigenvalue weighted by Crippen LogP contribution is -2.46. The zero-order chi connectivity index (χ0) is 16.2. The molecule has 1 amide bonds. The molecule has 2 aromatic rings. The van der Waals surface area contributed by atoms with Crippen LogP contribution in [0.2, 0.25) is 5.02 Å². The number of carbonyl (C=O) groups excluding carboxylic acids is 1. The number of benzene rings is 2. The van der Waals surface area contributed by atoms with Crippen molar-refractivity contribution in [1.29, 1.82) is 0 Å². The smallest absolute Gasteiger partial charge is 0.340 e. The second-order valence-corrected chi connectivity index (χ2v) is 5.14. The van der Waals surface area contributed by atoms with Crippen LogP contribution in [0.4, 0.5) is 13.2 Å². The average molecular weight is 328 g/mol. The Bertz CT molecular complexity index is 643. The monoisotopic (exact) mass is 327 g/mol. The summed E-state index contributed by atoms with van der Waals surface area (Å²) < 4.78 is 39.5. The van der Waals surface area contributed by atoms with Gasteiger partial charge in [-0.25, -0.2) is 0 Å². The Morgan fingerprint density at radius 3 is 2.23 bits per heavy atom. The topological polar surface area (TPSA) is 29.1 Å². The Balaban J connectivity index is 2.18. The number of alkyl halides is 3. The molecule has 0 aliphatic heterocycles. The lowest BCUT2D eigenvalue weighted by molar-refractivity contribution is -0.153. The van der Waals surface area contributed by atoms with Crippen molar-refractivity contribution in [3.8, 4) is 0 Å². The zero-order valence-corrected chi connectivity index (χ0v) is 12.2. The van der Waals surface area contributed by atoms with Crippen molar-refractivity contribution in [2.24, 2.45) is 0 Å². The van der Waals surface area contributed by atoms with Gasteiger partial charge >= 0.3 is 6.18 Å². The van der Waals surface area contributed by atoms with Crippen LogP contribution in [0.15, 0.2) is 54.6 Å². The summed E-state index contributed by atoms with van der Waals surface area (Å²) in [5, 5.41) is 2.27. The molecular weight excluding hydrogens is 315 g/mol. The summed E-state index contributed by atoms with van der Waals surface area (Å²) >= 11 is 5.89. The molecule has 0 bridgehead atoms. The van der Waals surface area contributed by atoms with E-state index in [1.165, 1.54) is 24.3 Å². The summed E-state index contributed by atoms with van der Waals surface area (Å²) in [4.78, 5) is 11.9. The van der Waals surface area contributed by atoms with Crippen LogP contribution in [0, 0.1) is 0 Å². The molecule has 0 aliphatic carbocycles. The molecule has 116 valence electrons. The first-order valence-corrected chi connectivity index (χ1v) is 6.92. The molecule has 0 aromatic heterocycles. The lowest BCUT2D eigenvalue weighted by Gasteiger charge is -2.22. The van der Waals surface area contributed by atoms with E-state index in [0.717, 1.165) is 0 Å². The van der Waals surface area contributed by atoms with Gasteiger partial charge in [-0.3, -0.25) is 4.79 Å². The molecular formula is C16H13ClF3NO. The van der Waals surface area contributed by atoms with Crippen LogP contribution in [-0.2, 0) is 6.42 Å². The van der Waals surface area contributed by atoms with Crippen molar-refractivity contribution in [3.63, 3.8) is 0 Å². The van der Waals surface area contributed by atoms with Crippen molar-refractivity contribution in [2.45, 2.75) is 18.6 Å². The summed E-state index contributed by atoms with van der Waals surface area (Å²) in [6.45, 7) is 0. The van der Waals surface area contributed by atoms with E-state index in [1.54, 1.807) is 30.3 Å². The highest BCUT2D eigenvalue weighted by molar-refractivity contribution is 6.31. The molecule has 2 rings (SSSR count). The van der Waals surface area contributed by atoms with Crippen LogP contribution in [-0.4, -0.2) is 18.1 Å². The van der Waals surface area contributed by atoms with Gasteiger partial charge in [0.2, 0.25) is 0 Å². The van der Waals surface area contributed by atoms with Gasteiger partial charge in [0.25, 0.3) is 5.91 Å². The average Bonchev–Trinajstić information content (AvgIpc) is 2.48. The number of hydrogen-bond donors (Lipinski definition) is 1. The molecule has 22 heavy (non-hydrogen) atoms. The Morgan fingerprint density at radius 1 is 1.05 bits per heavy atom. The van der Waals surface area contributed by atoms with Crippen LogP contribution in [0.1, 0.15) is 15.9 Å². The number of nitrogens with one attached hydrogen (secondary N) is 1. The molecule has 0 unspecified atom stereocenters. The highest BCUT2D eigenvalue weighted by Crippen LogP contribution is 2.26. The fourth-order valence-corrected chi connectivity index (χ4v) is 2.18. The normalized spacial score (nSPS) is 12.7. The van der Waals surface area contributed by atoms with Gasteiger partial charge in [-0.05, 0) is 23.8 Å². The van der Waals surface area contributed by atoms with Gasteiger partial charge in [-0.15, -0.1) is 0 Å². The van der Waals surface area contributed by atoms with Gasteiger partial charge < -0.3 is 5.32 Å². The SMILES string of the molecule is O=C(N[C@@H](Cc1ccccc1Cl)C(F)(F)F)c1ccccc1. The maximum absolute atomic E-state index is 13.2. The second-order valence-electron chi connectivity index (χ2n) is 4.73. The fourth-order valence-electron chi connectivity index (χ4n) is 1.96. The first-order chi connectivity index (χ1) is 10.4. The Hall–Kier alpha value is -2.01. The Kier molecular flexibility index (Phi) is 5.08. The summed E-state index contributed by atoms with van der Waals surface area (Å²) in [6, 6.07) is 12.0. The van der Waals surface area contributed by atoms with Gasteiger partial charge in [0.1, 0.15) is 6.04 Å². The van der Waals surface area contributed by atoms with Crippen molar-refractivity contribution in [1.82, 2.24) is 5.32 Å². The molecule has 0 saturated heterocycles. The molecule has 0 saturated carbocycles. The molecule has 0 heterocycles. The predicted octanol–water partition coefficient (Wildman–Crippen LogP) is 4.24. The van der Waals surface area contributed by atoms with Crippen LogP contribution >= 0.6 is 11.6 Å². The summed E-state index contributed by atoms with van der Waals surface area (Å²) in [5.74, 6) is -0.769. The maximum Gasteiger partial charge on any atom is 0.408 e. The van der Waals surface area contributed by atoms with E-state index in [0.29, 0.717) is 5.56 Å². The third-order valence-electron chi connectivity index (χ3n) is 3.12. The first kappa shape index (κ1) is 16.4. The molecule has 2 aromatic carbocycles. The summed E-state index contributed by atoms with van der Waals surface area (Å²) in [6.07, 6.45) is -4.98. The van der Waals surface area contributed by atoms with Crippen LogP contribution < -0.4 is 5.32 Å². The second kappa shape index (κ2) is 6.83. The summed E-state index contributed by atoms with van der Waals surface area (Å²) in [7, 11) is 0. The van der Waals surface area contributed by atoms with Gasteiger partial charge in [0.15, 0.2) is 0 Å². The summed E-state index contributed by atoms with van der Waals surface area (Å²) in [5.41, 5.74) is 0.510. The molecule has 2 nitrogen and oxygen atoms in total. The molecule has 1 N–H and O–H groups in total. The van der Waals surface area contributed by atoms with Gasteiger partial charge in [-0.2, -0.15) is 13.2 Å². The van der Waals surface area contributed by atoms with Crippen molar-refractivity contribution in [3.05, 3.63) is 70.7 Å². The highest BCUT2D eigenvalue weighted by Gasteiger charge is 2.41. The molecule has 0 radical (unpaired) electrons. The minimum Gasteiger partial charge on any atom is -0.340 e. The van der Waals surface area contributed by atoms with Crippen LogP contribution in [0.5, 0.6) is 0 Å². The van der Waals surface area contributed by atoms with E-state index in [1.807, 2.05) is 5.32 Å². The molecule has 0 aliphatic rings. The number of rotatable bonds is 4. The zero-order valence-electron chi connectivity index (χ0n) is 11.4. The van der Waals surface area contributed by atoms with E-state index in [-0.39, 0.29) is 10.6 Å². The Morgan fingerprint density at radius 2 is 1.64 bits per heavy atom. The molecule has 6 heteroatoms. The molecule has 1 atom stereocenters. The third kappa shape index (κ3) is 4.24. The minimum absolute atomic E-state index is 0.177. The molecule has 0 spiro atoms. The van der Waals surface area contributed by atoms with Crippen LogP contribution in [0.3, 0.4) is 0 Å². The minimum atomic E-state index is -4.57. The van der Waals surface area contributed by atoms with E-state index in [2.05, 4.69) is 0 Å². The van der Waals surface area contributed by atoms with Crippen molar-refractivity contribution < 1.29 is 18.0 Å². The first-order valence-electron chi connectivity index (χ1n) is 6.54. The highest BCUT2D eigenvalue weighted by atomic mass is 35.5. The molecule has 0 fully saturated rings. The van der Waals surface area contributed by atoms with Crippen molar-refractivity contribution in [2.75, 3.05) is 0 Å². The number of hydrogen-bond acceptors (Lipinski definition) is 1. The van der Waals surface area contributed by atoms with Gasteiger partial charge in [-0.1, -0.05) is 48.0 Å². The number of carbonyl (C=O) groups is 1. The quantitative estimate of drug-likeness (QED) is 0.894. The van der Waals surface area contributed by atoms with E-state index in [4.69, 9.17) is 11.6 Å². The van der Waals surface area contributed by atoms with E-state index < -0.39 is 24.5 Å². The fraction of sp³-hybridized carbons (Fsp3) is 0.188.